The second-order valence-corrected chi connectivity index (χ2v) is 9.11. The van der Waals surface area contributed by atoms with E-state index < -0.39 is 11.7 Å². The highest BCUT2D eigenvalue weighted by molar-refractivity contribution is 6.05. The van der Waals surface area contributed by atoms with Gasteiger partial charge in [0, 0.05) is 30.6 Å². The van der Waals surface area contributed by atoms with Crippen molar-refractivity contribution in [2.75, 3.05) is 39.8 Å². The number of nitrogens with zero attached hydrogens (tertiary/aromatic N) is 4. The van der Waals surface area contributed by atoms with Gasteiger partial charge in [0.2, 0.25) is 0 Å². The number of nitrogens with one attached hydrogen (secondary N) is 1. The van der Waals surface area contributed by atoms with Gasteiger partial charge in [0.15, 0.2) is 0 Å². The second-order valence-electron chi connectivity index (χ2n) is 9.11. The number of H-pyrrole nitrogens is 1. The predicted molar refractivity (Wildman–Crippen MR) is 110 cm³/mol. The number of carbonyl (C=O) groups is 1. The molecule has 0 spiro atoms. The van der Waals surface area contributed by atoms with Gasteiger partial charge in [-0.05, 0) is 51.0 Å². The topological polar surface area (TPSA) is 82.7 Å². The van der Waals surface area contributed by atoms with E-state index >= 15 is 0 Å². The van der Waals surface area contributed by atoms with Crippen LogP contribution in [0.5, 0.6) is 0 Å². The Morgan fingerprint density at radius 1 is 1.34 bits per heavy atom. The van der Waals surface area contributed by atoms with Gasteiger partial charge in [0.05, 0.1) is 17.3 Å². The number of imidazole rings is 1. The Balaban J connectivity index is 1.45. The number of likely N-dealkylation sites (tertiary alicyclic amines) is 2. The summed E-state index contributed by atoms with van der Waals surface area (Å²) in [4.78, 5) is 20.1. The van der Waals surface area contributed by atoms with Gasteiger partial charge in [-0.15, -0.1) is 0 Å². The molecule has 2 aliphatic heterocycles. The number of amides is 1. The minimum absolute atomic E-state index is 0.0129. The van der Waals surface area contributed by atoms with Crippen molar-refractivity contribution in [3.05, 3.63) is 35.3 Å². The highest BCUT2D eigenvalue weighted by Gasteiger charge is 2.36. The van der Waals surface area contributed by atoms with E-state index in [0.29, 0.717) is 11.0 Å². The first-order valence-corrected chi connectivity index (χ1v) is 10.2. The fourth-order valence-electron chi connectivity index (χ4n) is 5.13. The van der Waals surface area contributed by atoms with Gasteiger partial charge in [-0.25, -0.2) is 8.91 Å². The lowest BCUT2D eigenvalue weighted by molar-refractivity contribution is 0.0707. The Labute approximate surface area is 168 Å². The van der Waals surface area contributed by atoms with Gasteiger partial charge in [0.25, 0.3) is 5.91 Å². The maximum Gasteiger partial charge on any atom is 0.251 e. The average Bonchev–Trinajstić information content (AvgIpc) is 3.20. The van der Waals surface area contributed by atoms with Gasteiger partial charge in [-0.1, -0.05) is 6.92 Å². The van der Waals surface area contributed by atoms with E-state index in [1.807, 2.05) is 6.20 Å². The number of primary amides is 1. The molecule has 154 valence electrons. The SMILES string of the molecule is CN1CC(CN2CCC(C)(c3cnn4c3[nH]c3cc(F)cc(C(N)=O)c34)CC2)C1. The summed E-state index contributed by atoms with van der Waals surface area (Å²) in [5.74, 6) is -0.352. The summed E-state index contributed by atoms with van der Waals surface area (Å²) in [6.07, 6.45) is 3.97. The highest BCUT2D eigenvalue weighted by Crippen LogP contribution is 2.38. The number of aromatic nitrogens is 3. The Morgan fingerprint density at radius 3 is 2.72 bits per heavy atom. The van der Waals surface area contributed by atoms with Crippen molar-refractivity contribution in [2.24, 2.45) is 11.7 Å². The lowest BCUT2D eigenvalue weighted by Gasteiger charge is -2.43. The fourth-order valence-corrected chi connectivity index (χ4v) is 5.13. The molecular weight excluding hydrogens is 371 g/mol. The quantitative estimate of drug-likeness (QED) is 0.704. The zero-order valence-corrected chi connectivity index (χ0v) is 16.9. The smallest absolute Gasteiger partial charge is 0.251 e. The van der Waals surface area contributed by atoms with E-state index in [2.05, 4.69) is 33.9 Å². The molecule has 8 heteroatoms. The van der Waals surface area contributed by atoms with Crippen LogP contribution < -0.4 is 5.73 Å². The van der Waals surface area contributed by atoms with Gasteiger partial charge in [-0.2, -0.15) is 5.10 Å². The molecule has 7 nitrogen and oxygen atoms in total. The normalized spacial score (nSPS) is 21.1. The van der Waals surface area contributed by atoms with Crippen LogP contribution in [0.1, 0.15) is 35.7 Å². The number of hydrogen-bond acceptors (Lipinski definition) is 4. The lowest BCUT2D eigenvalue weighted by Crippen LogP contribution is -2.51. The Morgan fingerprint density at radius 2 is 2.07 bits per heavy atom. The Hall–Kier alpha value is -2.45. The Bertz CT molecular complexity index is 1090. The molecule has 2 aliphatic rings. The first-order chi connectivity index (χ1) is 13.8. The van der Waals surface area contributed by atoms with Crippen LogP contribution in [0.2, 0.25) is 0 Å². The zero-order valence-electron chi connectivity index (χ0n) is 16.9. The molecular formula is C21H27FN6O. The van der Waals surface area contributed by atoms with Crippen molar-refractivity contribution in [3.8, 4) is 0 Å². The number of hydrogen-bond donors (Lipinski definition) is 2. The molecule has 0 saturated carbocycles. The summed E-state index contributed by atoms with van der Waals surface area (Å²) in [6, 6.07) is 2.57. The number of carbonyl (C=O) groups excluding carboxylic acids is 1. The predicted octanol–water partition coefficient (Wildman–Crippen LogP) is 1.97. The molecule has 3 N–H and O–H groups in total. The van der Waals surface area contributed by atoms with Crippen LogP contribution in [0, 0.1) is 11.7 Å². The van der Waals surface area contributed by atoms with E-state index in [-0.39, 0.29) is 11.0 Å². The number of piperidine rings is 1. The number of aromatic amines is 1. The largest absolute Gasteiger partial charge is 0.366 e. The zero-order chi connectivity index (χ0) is 20.3. The maximum atomic E-state index is 14.0. The molecule has 29 heavy (non-hydrogen) atoms. The fraction of sp³-hybridized carbons (Fsp3) is 0.524. The molecule has 2 fully saturated rings. The van der Waals surface area contributed by atoms with Crippen molar-refractivity contribution in [1.29, 1.82) is 0 Å². The molecule has 0 atom stereocenters. The molecule has 1 amide bonds. The first-order valence-electron chi connectivity index (χ1n) is 10.2. The molecule has 5 rings (SSSR count). The van der Waals surface area contributed by atoms with Crippen LogP contribution in [-0.4, -0.2) is 70.1 Å². The van der Waals surface area contributed by atoms with Crippen LogP contribution in [0.15, 0.2) is 18.3 Å². The van der Waals surface area contributed by atoms with Crippen molar-refractivity contribution < 1.29 is 9.18 Å². The summed E-state index contributed by atoms with van der Waals surface area (Å²) in [5.41, 5.74) is 8.64. The number of fused-ring (bicyclic) bond motifs is 3. The highest BCUT2D eigenvalue weighted by atomic mass is 19.1. The average molecular weight is 398 g/mol. The Kier molecular flexibility index (Phi) is 4.18. The van der Waals surface area contributed by atoms with Gasteiger partial charge < -0.3 is 20.5 Å². The first kappa shape index (κ1) is 18.6. The van der Waals surface area contributed by atoms with Crippen molar-refractivity contribution in [2.45, 2.75) is 25.2 Å². The van der Waals surface area contributed by atoms with E-state index in [4.69, 9.17) is 5.73 Å². The van der Waals surface area contributed by atoms with Crippen LogP contribution in [-0.2, 0) is 5.41 Å². The summed E-state index contributed by atoms with van der Waals surface area (Å²) >= 11 is 0. The van der Waals surface area contributed by atoms with Crippen LogP contribution in [0.25, 0.3) is 16.7 Å². The molecule has 1 aromatic carbocycles. The maximum absolute atomic E-state index is 14.0. The summed E-state index contributed by atoms with van der Waals surface area (Å²) in [5, 5.41) is 4.53. The van der Waals surface area contributed by atoms with Crippen LogP contribution in [0.4, 0.5) is 4.39 Å². The van der Waals surface area contributed by atoms with E-state index in [1.165, 1.54) is 31.8 Å². The third-order valence-electron chi connectivity index (χ3n) is 6.84. The molecule has 4 heterocycles. The second kappa shape index (κ2) is 6.53. The van der Waals surface area contributed by atoms with Crippen molar-refractivity contribution >= 4 is 22.6 Å². The molecule has 0 aliphatic carbocycles. The number of nitrogens with two attached hydrogens (primary N) is 1. The number of benzene rings is 1. The van der Waals surface area contributed by atoms with Gasteiger partial charge >= 0.3 is 0 Å². The molecule has 0 bridgehead atoms. The van der Waals surface area contributed by atoms with E-state index in [0.717, 1.165) is 43.1 Å². The minimum Gasteiger partial charge on any atom is -0.366 e. The van der Waals surface area contributed by atoms with Crippen LogP contribution >= 0.6 is 0 Å². The van der Waals surface area contributed by atoms with Gasteiger partial charge in [-0.3, -0.25) is 4.79 Å². The standard InChI is InChI=1S/C21H27FN6O/c1-21(3-5-27(6-4-21)12-13-10-26(2)11-13)16-9-24-28-18-15(19(23)29)7-14(22)8-17(18)25-20(16)28/h7-9,13,25H,3-6,10-12H2,1-2H3,(H2,23,29). The van der Waals surface area contributed by atoms with Gasteiger partial charge in [0.1, 0.15) is 17.0 Å². The molecule has 3 aromatic rings. The van der Waals surface area contributed by atoms with Crippen LogP contribution in [0.3, 0.4) is 0 Å². The molecule has 2 aromatic heterocycles. The molecule has 0 unspecified atom stereocenters. The minimum atomic E-state index is -0.659. The summed E-state index contributed by atoms with van der Waals surface area (Å²) < 4.78 is 15.7. The lowest BCUT2D eigenvalue weighted by atomic mass is 9.75. The van der Waals surface area contributed by atoms with Crippen molar-refractivity contribution in [1.82, 2.24) is 24.4 Å². The van der Waals surface area contributed by atoms with E-state index in [1.54, 1.807) is 4.52 Å². The third-order valence-corrected chi connectivity index (χ3v) is 6.84. The monoisotopic (exact) mass is 398 g/mol. The van der Waals surface area contributed by atoms with Crippen molar-refractivity contribution in [3.63, 3.8) is 0 Å². The number of halogens is 1. The molecule has 0 radical (unpaired) electrons. The van der Waals surface area contributed by atoms with E-state index in [9.17, 15) is 9.18 Å². The number of rotatable bonds is 4. The third kappa shape index (κ3) is 3.02. The molecule has 2 saturated heterocycles. The summed E-state index contributed by atoms with van der Waals surface area (Å²) in [6.45, 7) is 7.99. The summed E-state index contributed by atoms with van der Waals surface area (Å²) in [7, 11) is 2.17.